The minimum absolute atomic E-state index is 0.356. The third-order valence-corrected chi connectivity index (χ3v) is 4.91. The highest BCUT2D eigenvalue weighted by atomic mass is 16.5. The maximum Gasteiger partial charge on any atom is 0.119 e. The summed E-state index contributed by atoms with van der Waals surface area (Å²) in [5.41, 5.74) is 3.11. The van der Waals surface area contributed by atoms with Crippen LogP contribution in [-0.2, 0) is 0 Å². The predicted molar refractivity (Wildman–Crippen MR) is 109 cm³/mol. The lowest BCUT2D eigenvalue weighted by atomic mass is 9.98. The van der Waals surface area contributed by atoms with Crippen LogP contribution in [0.4, 0.5) is 17.1 Å². The van der Waals surface area contributed by atoms with Gasteiger partial charge in [0.05, 0.1) is 7.47 Å². The molecule has 1 aliphatic carbocycles. The highest BCUT2D eigenvalue weighted by Crippen LogP contribution is 2.35. The number of para-hydroxylation sites is 2. The van der Waals surface area contributed by atoms with Gasteiger partial charge in [-0.05, 0) is 74.2 Å². The molecule has 0 aromatic heterocycles. The van der Waals surface area contributed by atoms with Gasteiger partial charge in [0.2, 0.25) is 0 Å². The van der Waals surface area contributed by atoms with Crippen molar-refractivity contribution in [1.29, 1.82) is 0 Å². The van der Waals surface area contributed by atoms with Gasteiger partial charge in [0.1, 0.15) is 5.75 Å². The minimum Gasteiger partial charge on any atom is -0.490 e. The van der Waals surface area contributed by atoms with Gasteiger partial charge < -0.3 is 9.64 Å². The molecule has 0 radical (unpaired) electrons. The molecule has 0 heterocycles. The van der Waals surface area contributed by atoms with Crippen molar-refractivity contribution in [2.75, 3.05) is 4.90 Å². The largest absolute Gasteiger partial charge is 0.490 e. The Morgan fingerprint density at radius 3 is 2.00 bits per heavy atom. The summed E-state index contributed by atoms with van der Waals surface area (Å²) in [5.74, 6) is 0.938. The monoisotopic (exact) mass is 345 g/mol. The summed E-state index contributed by atoms with van der Waals surface area (Å²) in [5, 5.41) is 0. The molecule has 2 heteroatoms. The average Bonchev–Trinajstić information content (AvgIpc) is 2.71. The molecule has 0 N–H and O–H groups in total. The van der Waals surface area contributed by atoms with E-state index in [0.717, 1.165) is 35.7 Å². The normalized spacial score (nSPS) is 15.3. The second kappa shape index (κ2) is 8.09. The first-order valence-corrected chi connectivity index (χ1v) is 9.48. The zero-order valence-electron chi connectivity index (χ0n) is 16.0. The Bertz CT molecular complexity index is 857. The number of anilines is 3. The third-order valence-electron chi connectivity index (χ3n) is 4.91. The van der Waals surface area contributed by atoms with Crippen molar-refractivity contribution in [2.24, 2.45) is 0 Å². The van der Waals surface area contributed by atoms with Gasteiger partial charge in [0.15, 0.2) is 0 Å². The van der Waals surface area contributed by atoms with E-state index in [2.05, 4.69) is 41.3 Å². The van der Waals surface area contributed by atoms with E-state index in [1.165, 1.54) is 19.3 Å². The molecule has 0 atom stereocenters. The van der Waals surface area contributed by atoms with Gasteiger partial charge in [-0.15, -0.1) is 0 Å². The molecular weight excluding hydrogens is 318 g/mol. The van der Waals surface area contributed by atoms with Crippen molar-refractivity contribution in [2.45, 2.75) is 38.2 Å². The fourth-order valence-corrected chi connectivity index (χ4v) is 3.60. The number of hydrogen-bond donors (Lipinski definition) is 0. The number of hydrogen-bond acceptors (Lipinski definition) is 2. The molecule has 1 saturated carbocycles. The van der Waals surface area contributed by atoms with Crippen molar-refractivity contribution < 1.29 is 6.11 Å². The average molecular weight is 345 g/mol. The van der Waals surface area contributed by atoms with E-state index in [0.29, 0.717) is 12.1 Å². The van der Waals surface area contributed by atoms with E-state index in [4.69, 9.17) is 6.11 Å². The lowest BCUT2D eigenvalue weighted by molar-refractivity contribution is 0.155. The summed E-state index contributed by atoms with van der Waals surface area (Å²) < 4.78 is 14.2. The summed E-state index contributed by atoms with van der Waals surface area (Å²) in [6.45, 7) is 0. The smallest absolute Gasteiger partial charge is 0.119 e. The van der Waals surface area contributed by atoms with Gasteiger partial charge in [0.25, 0.3) is 0 Å². The van der Waals surface area contributed by atoms with Crippen LogP contribution >= 0.6 is 0 Å². The molecule has 0 saturated heterocycles. The van der Waals surface area contributed by atoms with Crippen LogP contribution in [0, 0.1) is 0 Å². The van der Waals surface area contributed by atoms with E-state index in [9.17, 15) is 0 Å². The Morgan fingerprint density at radius 1 is 0.692 bits per heavy atom. The number of nitrogens with zero attached hydrogens (tertiary/aromatic N) is 1. The molecule has 0 unspecified atom stereocenters. The van der Waals surface area contributed by atoms with E-state index < -0.39 is 0 Å². The van der Waals surface area contributed by atoms with Crippen LogP contribution in [0.5, 0.6) is 5.75 Å². The zero-order chi connectivity index (χ0) is 18.5. The Hall–Kier alpha value is -2.74. The highest BCUT2D eigenvalue weighted by Gasteiger charge is 2.16. The minimum atomic E-state index is 0.356. The van der Waals surface area contributed by atoms with Crippen LogP contribution in [-0.4, -0.2) is 6.10 Å². The third kappa shape index (κ3) is 3.91. The van der Waals surface area contributed by atoms with Crippen molar-refractivity contribution in [3.63, 3.8) is 0 Å². The SMILES string of the molecule is [3H]c1cccc(N(c2ccccc2)c2ccc(OC3CCCCC3)cc2)c1. The van der Waals surface area contributed by atoms with Crippen LogP contribution in [0.25, 0.3) is 0 Å². The predicted octanol–water partition coefficient (Wildman–Crippen LogP) is 6.87. The van der Waals surface area contributed by atoms with Crippen LogP contribution in [0.3, 0.4) is 0 Å². The topological polar surface area (TPSA) is 12.5 Å². The van der Waals surface area contributed by atoms with Crippen LogP contribution < -0.4 is 9.64 Å². The van der Waals surface area contributed by atoms with Crippen LogP contribution in [0.1, 0.15) is 33.5 Å². The second-order valence-electron chi connectivity index (χ2n) is 6.80. The Labute approximate surface area is 157 Å². The van der Waals surface area contributed by atoms with Crippen molar-refractivity contribution in [3.8, 4) is 5.75 Å². The van der Waals surface area contributed by atoms with Crippen LogP contribution in [0.15, 0.2) is 84.9 Å². The molecule has 0 amide bonds. The molecule has 3 aromatic rings. The molecule has 3 aromatic carbocycles. The molecule has 26 heavy (non-hydrogen) atoms. The maximum atomic E-state index is 7.98. The number of ether oxygens (including phenoxy) is 1. The van der Waals surface area contributed by atoms with E-state index in [1.807, 2.05) is 36.4 Å². The van der Waals surface area contributed by atoms with Gasteiger partial charge in [-0.1, -0.05) is 42.8 Å². The van der Waals surface area contributed by atoms with Gasteiger partial charge in [0, 0.05) is 17.1 Å². The van der Waals surface area contributed by atoms with Gasteiger partial charge >= 0.3 is 0 Å². The number of rotatable bonds is 5. The van der Waals surface area contributed by atoms with E-state index >= 15 is 0 Å². The molecule has 4 rings (SSSR count). The summed E-state index contributed by atoms with van der Waals surface area (Å²) in [4.78, 5) is 2.17. The first-order chi connectivity index (χ1) is 13.3. The molecule has 1 fully saturated rings. The molecule has 0 aliphatic heterocycles. The molecule has 0 spiro atoms. The summed E-state index contributed by atoms with van der Waals surface area (Å²) in [7, 11) is 0. The van der Waals surface area contributed by atoms with Crippen molar-refractivity contribution in [3.05, 3.63) is 84.9 Å². The second-order valence-corrected chi connectivity index (χ2v) is 6.80. The summed E-state index contributed by atoms with van der Waals surface area (Å²) >= 11 is 0. The standard InChI is InChI=1S/C24H25NO/c1-4-10-20(11-5-1)25(21-12-6-2-7-13-21)22-16-18-24(19-17-22)26-23-14-8-3-9-15-23/h1-2,4-7,10-13,16-19,23H,3,8-9,14-15H2/i4T. The quantitative estimate of drug-likeness (QED) is 0.500. The number of benzene rings is 3. The first-order valence-electron chi connectivity index (χ1n) is 9.98. The fourth-order valence-electron chi connectivity index (χ4n) is 3.60. The Morgan fingerprint density at radius 2 is 1.31 bits per heavy atom. The Kier molecular flexibility index (Phi) is 4.83. The molecule has 132 valence electrons. The first kappa shape index (κ1) is 15.5. The zero-order valence-corrected chi connectivity index (χ0v) is 15.0. The lowest BCUT2D eigenvalue weighted by Crippen LogP contribution is -2.19. The molecule has 1 aliphatic rings. The van der Waals surface area contributed by atoms with Gasteiger partial charge in [-0.2, -0.15) is 0 Å². The molecule has 0 bridgehead atoms. The maximum absolute atomic E-state index is 7.98. The molecule has 2 nitrogen and oxygen atoms in total. The summed E-state index contributed by atoms with van der Waals surface area (Å²) in [6.07, 6.45) is 6.55. The highest BCUT2D eigenvalue weighted by molar-refractivity contribution is 5.76. The summed E-state index contributed by atoms with van der Waals surface area (Å²) in [6, 6.07) is 26.7. The van der Waals surface area contributed by atoms with E-state index in [-0.39, 0.29) is 0 Å². The van der Waals surface area contributed by atoms with Gasteiger partial charge in [-0.3, -0.25) is 0 Å². The van der Waals surface area contributed by atoms with Crippen molar-refractivity contribution in [1.82, 2.24) is 0 Å². The van der Waals surface area contributed by atoms with Crippen LogP contribution in [0.2, 0.25) is 0 Å². The molecular formula is C24H25NO. The fraction of sp³-hybridized carbons (Fsp3) is 0.250. The van der Waals surface area contributed by atoms with Crippen molar-refractivity contribution >= 4 is 17.1 Å². The van der Waals surface area contributed by atoms with E-state index in [1.54, 1.807) is 6.07 Å². The van der Waals surface area contributed by atoms with Gasteiger partial charge in [-0.25, -0.2) is 0 Å². The lowest BCUT2D eigenvalue weighted by Gasteiger charge is -2.26. The Balaban J connectivity index is 1.62.